The van der Waals surface area contributed by atoms with Crippen molar-refractivity contribution in [2.75, 3.05) is 6.61 Å². The summed E-state index contributed by atoms with van der Waals surface area (Å²) in [6, 6.07) is 8.51. The first-order valence-electron chi connectivity index (χ1n) is 7.14. The molecule has 0 aliphatic heterocycles. The predicted molar refractivity (Wildman–Crippen MR) is 82.5 cm³/mol. The summed E-state index contributed by atoms with van der Waals surface area (Å²) in [6.45, 7) is 3.50. The molecule has 1 aliphatic carbocycles. The van der Waals surface area contributed by atoms with Crippen LogP contribution in [0.2, 0.25) is 0 Å². The van der Waals surface area contributed by atoms with Crippen LogP contribution in [0.3, 0.4) is 0 Å². The van der Waals surface area contributed by atoms with Crippen LogP contribution in [0.4, 0.5) is 0 Å². The summed E-state index contributed by atoms with van der Waals surface area (Å²) in [5.41, 5.74) is -1.33. The minimum atomic E-state index is -1.70. The second kappa shape index (κ2) is 7.17. The van der Waals surface area contributed by atoms with Crippen LogP contribution in [0.25, 0.3) is 0 Å². The van der Waals surface area contributed by atoms with E-state index in [1.165, 1.54) is 12.2 Å². The largest absolute Gasteiger partial charge is 0.545 e. The topological polar surface area (TPSA) is 86.7 Å². The first-order chi connectivity index (χ1) is 10.9. The monoisotopic (exact) mass is 313 g/mol. The van der Waals surface area contributed by atoms with E-state index >= 15 is 0 Å². The summed E-state index contributed by atoms with van der Waals surface area (Å²) in [5, 5.41) is 20.9. The van der Waals surface area contributed by atoms with Crippen molar-refractivity contribution in [3.05, 3.63) is 72.4 Å². The van der Waals surface area contributed by atoms with Gasteiger partial charge in [-0.25, -0.2) is 0 Å². The normalized spacial score (nSPS) is 22.7. The molecule has 0 saturated heterocycles. The molecule has 2 rings (SSSR count). The molecular formula is C18H17O5-. The Bertz CT molecular complexity index is 643. The number of rotatable bonds is 7. The zero-order valence-electron chi connectivity index (χ0n) is 12.5. The number of carbonyl (C=O) groups excluding carboxylic acids is 2. The number of carbonyl (C=O) groups is 2. The minimum Gasteiger partial charge on any atom is -0.545 e. The Kier molecular flexibility index (Phi) is 5.26. The lowest BCUT2D eigenvalue weighted by molar-refractivity contribution is -0.299. The standard InChI is InChI=1S/C18H18O5/c1-13(17(20)21)9-12-23-15-7-10-18(22,11-8-15)16(19)14-5-3-2-4-6-14/h2-8,10-11,15,22H,1,9,12H2,(H,20,21)/p-1. The molecule has 0 amide bonds. The summed E-state index contributed by atoms with van der Waals surface area (Å²) in [6.07, 6.45) is 5.58. The molecule has 120 valence electrons. The first-order valence-corrected chi connectivity index (χ1v) is 7.14. The quantitative estimate of drug-likeness (QED) is 0.457. The van der Waals surface area contributed by atoms with E-state index < -0.39 is 23.5 Å². The van der Waals surface area contributed by atoms with Crippen LogP contribution in [-0.4, -0.2) is 35.2 Å². The molecule has 0 aromatic heterocycles. The van der Waals surface area contributed by atoms with Gasteiger partial charge in [0.2, 0.25) is 5.78 Å². The van der Waals surface area contributed by atoms with Crippen molar-refractivity contribution >= 4 is 11.8 Å². The molecule has 1 aromatic carbocycles. The van der Waals surface area contributed by atoms with Crippen LogP contribution in [-0.2, 0) is 9.53 Å². The van der Waals surface area contributed by atoms with Crippen molar-refractivity contribution in [2.45, 2.75) is 18.1 Å². The van der Waals surface area contributed by atoms with Gasteiger partial charge < -0.3 is 19.7 Å². The Balaban J connectivity index is 1.93. The van der Waals surface area contributed by atoms with Crippen molar-refractivity contribution in [1.82, 2.24) is 0 Å². The zero-order valence-corrected chi connectivity index (χ0v) is 12.5. The lowest BCUT2D eigenvalue weighted by atomic mass is 9.88. The Morgan fingerprint density at radius 2 is 1.83 bits per heavy atom. The maximum absolute atomic E-state index is 12.3. The van der Waals surface area contributed by atoms with Gasteiger partial charge in [0, 0.05) is 5.56 Å². The van der Waals surface area contributed by atoms with Gasteiger partial charge in [0.05, 0.1) is 18.7 Å². The van der Waals surface area contributed by atoms with Gasteiger partial charge in [-0.05, 0) is 24.1 Å². The van der Waals surface area contributed by atoms with Gasteiger partial charge in [-0.2, -0.15) is 0 Å². The lowest BCUT2D eigenvalue weighted by Gasteiger charge is -2.24. The van der Waals surface area contributed by atoms with E-state index in [0.717, 1.165) is 0 Å². The molecular weight excluding hydrogens is 296 g/mol. The van der Waals surface area contributed by atoms with Crippen molar-refractivity contribution in [3.63, 3.8) is 0 Å². The van der Waals surface area contributed by atoms with Gasteiger partial charge in [0.25, 0.3) is 0 Å². The summed E-state index contributed by atoms with van der Waals surface area (Å²) < 4.78 is 5.43. The molecule has 1 N–H and O–H groups in total. The van der Waals surface area contributed by atoms with Crippen molar-refractivity contribution < 1.29 is 24.5 Å². The van der Waals surface area contributed by atoms with Crippen LogP contribution in [0, 0.1) is 0 Å². The summed E-state index contributed by atoms with van der Waals surface area (Å²) >= 11 is 0. The number of benzene rings is 1. The molecule has 0 heterocycles. The van der Waals surface area contributed by atoms with Crippen molar-refractivity contribution in [2.24, 2.45) is 0 Å². The van der Waals surface area contributed by atoms with Gasteiger partial charge in [-0.15, -0.1) is 0 Å². The van der Waals surface area contributed by atoms with Gasteiger partial charge in [-0.1, -0.05) is 49.1 Å². The molecule has 0 radical (unpaired) electrons. The highest BCUT2D eigenvalue weighted by Gasteiger charge is 2.33. The predicted octanol–water partition coefficient (Wildman–Crippen LogP) is 0.808. The Morgan fingerprint density at radius 1 is 1.22 bits per heavy atom. The van der Waals surface area contributed by atoms with Crippen LogP contribution < -0.4 is 5.11 Å². The number of ether oxygens (including phenoxy) is 1. The first kappa shape index (κ1) is 16.9. The highest BCUT2D eigenvalue weighted by molar-refractivity contribution is 6.05. The van der Waals surface area contributed by atoms with Gasteiger partial charge in [0.15, 0.2) is 5.60 Å². The third-order valence-corrected chi connectivity index (χ3v) is 3.48. The average molecular weight is 313 g/mol. The molecule has 1 aliphatic rings. The molecule has 23 heavy (non-hydrogen) atoms. The second-order valence-corrected chi connectivity index (χ2v) is 5.22. The number of carboxylic acid groups (broad SMARTS) is 1. The highest BCUT2D eigenvalue weighted by atomic mass is 16.5. The van der Waals surface area contributed by atoms with E-state index in [4.69, 9.17) is 4.74 Å². The number of hydrogen-bond acceptors (Lipinski definition) is 5. The molecule has 0 fully saturated rings. The van der Waals surface area contributed by atoms with E-state index in [2.05, 4.69) is 6.58 Å². The Morgan fingerprint density at radius 3 is 2.39 bits per heavy atom. The third-order valence-electron chi connectivity index (χ3n) is 3.48. The van der Waals surface area contributed by atoms with Crippen molar-refractivity contribution in [1.29, 1.82) is 0 Å². The smallest absolute Gasteiger partial charge is 0.202 e. The molecule has 0 saturated carbocycles. The number of carboxylic acids is 1. The molecule has 1 aromatic rings. The van der Waals surface area contributed by atoms with E-state index in [0.29, 0.717) is 5.56 Å². The maximum atomic E-state index is 12.3. The molecule has 0 unspecified atom stereocenters. The van der Waals surface area contributed by atoms with Gasteiger partial charge >= 0.3 is 0 Å². The molecule has 0 spiro atoms. The van der Waals surface area contributed by atoms with Gasteiger partial charge in [-0.3, -0.25) is 4.79 Å². The SMILES string of the molecule is C=C(CCOC1C=CC(O)(C(=O)c2ccccc2)C=C1)C(=O)[O-]. The van der Waals surface area contributed by atoms with Gasteiger partial charge in [0.1, 0.15) is 0 Å². The summed E-state index contributed by atoms with van der Waals surface area (Å²) in [5.74, 6) is -1.72. The fraction of sp³-hybridized carbons (Fsp3) is 0.222. The fourth-order valence-electron chi connectivity index (χ4n) is 2.11. The van der Waals surface area contributed by atoms with E-state index in [9.17, 15) is 19.8 Å². The zero-order chi connectivity index (χ0) is 16.9. The maximum Gasteiger partial charge on any atom is 0.202 e. The summed E-state index contributed by atoms with van der Waals surface area (Å²) in [4.78, 5) is 22.8. The van der Waals surface area contributed by atoms with Crippen molar-refractivity contribution in [3.8, 4) is 0 Å². The minimum absolute atomic E-state index is 0.0375. The molecule has 0 atom stereocenters. The molecule has 0 bridgehead atoms. The number of aliphatic hydroxyl groups is 1. The number of hydrogen-bond donors (Lipinski definition) is 1. The third kappa shape index (κ3) is 4.25. The fourth-order valence-corrected chi connectivity index (χ4v) is 2.11. The Hall–Kier alpha value is -2.50. The molecule has 5 heteroatoms. The summed E-state index contributed by atoms with van der Waals surface area (Å²) in [7, 11) is 0. The second-order valence-electron chi connectivity index (χ2n) is 5.22. The van der Waals surface area contributed by atoms with Crippen LogP contribution in [0.1, 0.15) is 16.8 Å². The van der Waals surface area contributed by atoms with Crippen LogP contribution >= 0.6 is 0 Å². The van der Waals surface area contributed by atoms with E-state index in [1.807, 2.05) is 0 Å². The van der Waals surface area contributed by atoms with E-state index in [1.54, 1.807) is 42.5 Å². The highest BCUT2D eigenvalue weighted by Crippen LogP contribution is 2.22. The van der Waals surface area contributed by atoms with Crippen LogP contribution in [0.5, 0.6) is 0 Å². The number of aliphatic carboxylic acids is 1. The number of ketones is 1. The molecule has 5 nitrogen and oxygen atoms in total. The van der Waals surface area contributed by atoms with E-state index in [-0.39, 0.29) is 18.6 Å². The lowest BCUT2D eigenvalue weighted by Crippen LogP contribution is -2.37. The average Bonchev–Trinajstić information content (AvgIpc) is 2.56. The Labute approximate surface area is 134 Å². The number of Topliss-reactive ketones (excluding diaryl/α,β-unsaturated/α-hetero) is 1. The van der Waals surface area contributed by atoms with Crippen LogP contribution in [0.15, 0.2) is 66.8 Å².